The van der Waals surface area contributed by atoms with Gasteiger partial charge in [-0.3, -0.25) is 4.79 Å². The molecule has 1 amide bonds. The van der Waals surface area contributed by atoms with Gasteiger partial charge in [-0.2, -0.15) is 0 Å². The van der Waals surface area contributed by atoms with Gasteiger partial charge in [0.2, 0.25) is 0 Å². The Morgan fingerprint density at radius 1 is 0.966 bits per heavy atom. The molecule has 0 bridgehead atoms. The second kappa shape index (κ2) is 14.1. The molecule has 164 valence electrons. The van der Waals surface area contributed by atoms with E-state index in [2.05, 4.69) is 12.2 Å². The fraction of sp³-hybridized carbons (Fsp3) is 0.652. The third kappa shape index (κ3) is 9.37. The Morgan fingerprint density at radius 2 is 1.52 bits per heavy atom. The Hall–Kier alpha value is -1.98. The SMILES string of the molecule is CCCCCCCCCCCCOC(=O)C(C)NC(=O)c1c(F)ccc(C)c1F. The molecule has 0 aliphatic heterocycles. The van der Waals surface area contributed by atoms with Crippen LogP contribution in [0.15, 0.2) is 12.1 Å². The highest BCUT2D eigenvalue weighted by molar-refractivity contribution is 5.97. The molecule has 0 saturated carbocycles. The third-order valence-electron chi connectivity index (χ3n) is 4.95. The normalized spacial score (nSPS) is 11.9. The number of benzene rings is 1. The molecule has 29 heavy (non-hydrogen) atoms. The quantitative estimate of drug-likeness (QED) is 0.308. The summed E-state index contributed by atoms with van der Waals surface area (Å²) in [5.74, 6) is -3.46. The van der Waals surface area contributed by atoms with E-state index in [1.807, 2.05) is 0 Å². The van der Waals surface area contributed by atoms with E-state index >= 15 is 0 Å². The molecule has 1 aromatic rings. The van der Waals surface area contributed by atoms with Gasteiger partial charge in [0, 0.05) is 0 Å². The molecule has 0 radical (unpaired) electrons. The van der Waals surface area contributed by atoms with Crippen molar-refractivity contribution < 1.29 is 23.1 Å². The molecule has 1 aromatic carbocycles. The van der Waals surface area contributed by atoms with E-state index in [4.69, 9.17) is 4.74 Å². The van der Waals surface area contributed by atoms with Crippen LogP contribution in [0.4, 0.5) is 8.78 Å². The summed E-state index contributed by atoms with van der Waals surface area (Å²) in [7, 11) is 0. The van der Waals surface area contributed by atoms with Crippen molar-refractivity contribution in [3.8, 4) is 0 Å². The minimum atomic E-state index is -0.982. The Kier molecular flexibility index (Phi) is 12.2. The van der Waals surface area contributed by atoms with E-state index in [9.17, 15) is 18.4 Å². The minimum Gasteiger partial charge on any atom is -0.464 e. The van der Waals surface area contributed by atoms with E-state index in [0.29, 0.717) is 0 Å². The van der Waals surface area contributed by atoms with Crippen molar-refractivity contribution in [2.75, 3.05) is 6.61 Å². The van der Waals surface area contributed by atoms with Crippen molar-refractivity contribution in [1.29, 1.82) is 0 Å². The number of carbonyl (C=O) groups excluding carboxylic acids is 2. The number of amides is 1. The van der Waals surface area contributed by atoms with Crippen LogP contribution in [-0.2, 0) is 9.53 Å². The number of hydrogen-bond donors (Lipinski definition) is 1. The molecule has 0 heterocycles. The van der Waals surface area contributed by atoms with E-state index in [1.54, 1.807) is 0 Å². The molecular formula is C23H35F2NO3. The lowest BCUT2D eigenvalue weighted by Crippen LogP contribution is -2.40. The first-order valence-corrected chi connectivity index (χ1v) is 10.8. The van der Waals surface area contributed by atoms with Gasteiger partial charge in [0.1, 0.15) is 23.2 Å². The molecule has 6 heteroatoms. The van der Waals surface area contributed by atoms with Crippen LogP contribution in [0, 0.1) is 18.6 Å². The van der Waals surface area contributed by atoms with Crippen LogP contribution in [0.25, 0.3) is 0 Å². The summed E-state index contributed by atoms with van der Waals surface area (Å²) < 4.78 is 32.9. The first-order chi connectivity index (χ1) is 13.9. The molecule has 4 nitrogen and oxygen atoms in total. The first kappa shape index (κ1) is 25.1. The predicted molar refractivity (Wildman–Crippen MR) is 111 cm³/mol. The van der Waals surface area contributed by atoms with Crippen LogP contribution < -0.4 is 5.32 Å². The number of ether oxygens (including phenoxy) is 1. The summed E-state index contributed by atoms with van der Waals surface area (Å²) in [6.45, 7) is 5.37. The Labute approximate surface area is 173 Å². The summed E-state index contributed by atoms with van der Waals surface area (Å²) in [6, 6.07) is 1.30. The van der Waals surface area contributed by atoms with Crippen molar-refractivity contribution in [3.05, 3.63) is 34.9 Å². The maximum atomic E-state index is 14.0. The lowest BCUT2D eigenvalue weighted by molar-refractivity contribution is -0.145. The second-order valence-electron chi connectivity index (χ2n) is 7.60. The van der Waals surface area contributed by atoms with Crippen LogP contribution in [0.3, 0.4) is 0 Å². The maximum absolute atomic E-state index is 14.0. The number of unbranched alkanes of at least 4 members (excludes halogenated alkanes) is 9. The number of halogens is 2. The van der Waals surface area contributed by atoms with E-state index < -0.39 is 35.1 Å². The lowest BCUT2D eigenvalue weighted by atomic mass is 10.1. The van der Waals surface area contributed by atoms with Crippen molar-refractivity contribution >= 4 is 11.9 Å². The van der Waals surface area contributed by atoms with Crippen molar-refractivity contribution in [2.24, 2.45) is 0 Å². The van der Waals surface area contributed by atoms with Gasteiger partial charge in [0.05, 0.1) is 6.61 Å². The van der Waals surface area contributed by atoms with Crippen molar-refractivity contribution in [2.45, 2.75) is 91.0 Å². The smallest absolute Gasteiger partial charge is 0.328 e. The van der Waals surface area contributed by atoms with Crippen LogP contribution in [-0.4, -0.2) is 24.5 Å². The number of aryl methyl sites for hydroxylation is 1. The zero-order valence-electron chi connectivity index (χ0n) is 18.0. The molecule has 0 fully saturated rings. The Balaban J connectivity index is 2.20. The maximum Gasteiger partial charge on any atom is 0.328 e. The van der Waals surface area contributed by atoms with E-state index in [-0.39, 0.29) is 12.2 Å². The number of esters is 1. The zero-order chi connectivity index (χ0) is 21.6. The monoisotopic (exact) mass is 411 g/mol. The summed E-state index contributed by atoms with van der Waals surface area (Å²) >= 11 is 0. The third-order valence-corrected chi connectivity index (χ3v) is 4.95. The largest absolute Gasteiger partial charge is 0.464 e. The number of carbonyl (C=O) groups is 2. The van der Waals surface area contributed by atoms with Gasteiger partial charge in [-0.1, -0.05) is 70.8 Å². The fourth-order valence-electron chi connectivity index (χ4n) is 3.08. The van der Waals surface area contributed by atoms with Crippen LogP contribution >= 0.6 is 0 Å². The zero-order valence-corrected chi connectivity index (χ0v) is 18.0. The summed E-state index contributed by atoms with van der Waals surface area (Å²) in [4.78, 5) is 24.1. The molecule has 0 saturated heterocycles. The molecule has 1 rings (SSSR count). The van der Waals surface area contributed by atoms with Gasteiger partial charge in [0.15, 0.2) is 0 Å². The van der Waals surface area contributed by atoms with Gasteiger partial charge in [0.25, 0.3) is 5.91 Å². The Bertz CT molecular complexity index is 649. The topological polar surface area (TPSA) is 55.4 Å². The number of nitrogens with one attached hydrogen (secondary N) is 1. The lowest BCUT2D eigenvalue weighted by Gasteiger charge is -2.14. The van der Waals surface area contributed by atoms with Gasteiger partial charge in [-0.15, -0.1) is 0 Å². The van der Waals surface area contributed by atoms with Gasteiger partial charge < -0.3 is 10.1 Å². The molecule has 0 spiro atoms. The highest BCUT2D eigenvalue weighted by Crippen LogP contribution is 2.16. The molecule has 1 atom stereocenters. The number of rotatable bonds is 14. The molecule has 0 aliphatic carbocycles. The van der Waals surface area contributed by atoms with Gasteiger partial charge >= 0.3 is 5.97 Å². The van der Waals surface area contributed by atoms with Crippen LogP contribution in [0.1, 0.15) is 94.0 Å². The van der Waals surface area contributed by atoms with Crippen LogP contribution in [0.5, 0.6) is 0 Å². The first-order valence-electron chi connectivity index (χ1n) is 10.8. The summed E-state index contributed by atoms with van der Waals surface area (Å²) in [5, 5.41) is 2.30. The second-order valence-corrected chi connectivity index (χ2v) is 7.60. The molecule has 0 aromatic heterocycles. The predicted octanol–water partition coefficient (Wildman–Crippen LogP) is 5.86. The van der Waals surface area contributed by atoms with E-state index in [1.165, 1.54) is 64.9 Å². The Morgan fingerprint density at radius 3 is 2.10 bits per heavy atom. The minimum absolute atomic E-state index is 0.160. The average molecular weight is 412 g/mol. The van der Waals surface area contributed by atoms with Crippen molar-refractivity contribution in [1.82, 2.24) is 5.32 Å². The molecular weight excluding hydrogens is 376 g/mol. The molecule has 0 aliphatic rings. The fourth-order valence-corrected chi connectivity index (χ4v) is 3.08. The standard InChI is InChI=1S/C23H35F2NO3/c1-4-5-6-7-8-9-10-11-12-13-16-29-23(28)18(3)26-22(27)20-19(24)15-14-17(2)21(20)25/h14-15,18H,4-13,16H2,1-3H3,(H,26,27). The van der Waals surface area contributed by atoms with Gasteiger partial charge in [-0.05, 0) is 31.9 Å². The van der Waals surface area contributed by atoms with E-state index in [0.717, 1.165) is 25.3 Å². The molecule has 1 unspecified atom stereocenters. The summed E-state index contributed by atoms with van der Waals surface area (Å²) in [6.07, 6.45) is 11.8. The highest BCUT2D eigenvalue weighted by Gasteiger charge is 2.23. The number of hydrogen-bond acceptors (Lipinski definition) is 3. The van der Waals surface area contributed by atoms with Crippen molar-refractivity contribution in [3.63, 3.8) is 0 Å². The highest BCUT2D eigenvalue weighted by atomic mass is 19.1. The average Bonchev–Trinajstić information content (AvgIpc) is 2.69. The van der Waals surface area contributed by atoms with Gasteiger partial charge in [-0.25, -0.2) is 13.6 Å². The summed E-state index contributed by atoms with van der Waals surface area (Å²) in [5.41, 5.74) is -0.521. The molecule has 1 N–H and O–H groups in total. The van der Waals surface area contributed by atoms with Crippen LogP contribution in [0.2, 0.25) is 0 Å².